The van der Waals surface area contributed by atoms with Gasteiger partial charge in [0.2, 0.25) is 0 Å². The first-order valence-corrected chi connectivity index (χ1v) is 8.79. The van der Waals surface area contributed by atoms with E-state index in [1.165, 1.54) is 11.1 Å². The van der Waals surface area contributed by atoms with E-state index in [9.17, 15) is 0 Å². The average Bonchev–Trinajstić information content (AvgIpc) is 2.65. The lowest BCUT2D eigenvalue weighted by atomic mass is 10.1. The summed E-state index contributed by atoms with van der Waals surface area (Å²) in [4.78, 5) is 4.28. The van der Waals surface area contributed by atoms with Gasteiger partial charge in [-0.25, -0.2) is 0 Å². The van der Waals surface area contributed by atoms with Crippen LogP contribution in [0.15, 0.2) is 41.4 Å². The Bertz CT molecular complexity index is 757. The third kappa shape index (κ3) is 5.41. The number of hydrogen-bond acceptors (Lipinski definition) is 3. The third-order valence-corrected chi connectivity index (χ3v) is 4.32. The number of benzene rings is 2. The van der Waals surface area contributed by atoms with E-state index in [4.69, 9.17) is 9.47 Å². The van der Waals surface area contributed by atoms with Gasteiger partial charge in [0, 0.05) is 20.1 Å². The van der Waals surface area contributed by atoms with Crippen LogP contribution in [0.3, 0.4) is 0 Å². The molecule has 2 aromatic rings. The molecule has 0 saturated heterocycles. The van der Waals surface area contributed by atoms with Crippen molar-refractivity contribution in [2.24, 2.45) is 4.99 Å². The van der Waals surface area contributed by atoms with Gasteiger partial charge in [-0.05, 0) is 54.7 Å². The molecule has 5 nitrogen and oxygen atoms in total. The molecule has 140 valence electrons. The van der Waals surface area contributed by atoms with Gasteiger partial charge in [0.05, 0.1) is 14.2 Å². The van der Waals surface area contributed by atoms with Gasteiger partial charge >= 0.3 is 0 Å². The molecule has 0 fully saturated rings. The molecule has 2 N–H and O–H groups in total. The molecule has 0 radical (unpaired) electrons. The molecule has 0 atom stereocenters. The Labute approximate surface area is 156 Å². The van der Waals surface area contributed by atoms with Crippen molar-refractivity contribution in [2.75, 3.05) is 27.8 Å². The van der Waals surface area contributed by atoms with Crippen LogP contribution in [0.25, 0.3) is 0 Å². The normalized spacial score (nSPS) is 11.2. The molecule has 0 amide bonds. The van der Waals surface area contributed by atoms with Crippen LogP contribution in [0.2, 0.25) is 0 Å². The predicted molar refractivity (Wildman–Crippen MR) is 107 cm³/mol. The van der Waals surface area contributed by atoms with Crippen molar-refractivity contribution in [3.05, 3.63) is 58.7 Å². The highest BCUT2D eigenvalue weighted by molar-refractivity contribution is 5.79. The molecule has 2 aromatic carbocycles. The predicted octanol–water partition coefficient (Wildman–Crippen LogP) is 3.23. The first-order chi connectivity index (χ1) is 12.6. The number of methoxy groups -OCH3 is 2. The molecule has 0 aliphatic carbocycles. The zero-order chi connectivity index (χ0) is 18.9. The number of hydrogen-bond donors (Lipinski definition) is 2. The topological polar surface area (TPSA) is 54.9 Å². The summed E-state index contributed by atoms with van der Waals surface area (Å²) in [6, 6.07) is 12.5. The van der Waals surface area contributed by atoms with Gasteiger partial charge < -0.3 is 20.1 Å². The summed E-state index contributed by atoms with van der Waals surface area (Å²) in [5.41, 5.74) is 4.70. The van der Waals surface area contributed by atoms with Crippen molar-refractivity contribution >= 4 is 5.96 Å². The summed E-state index contributed by atoms with van der Waals surface area (Å²) in [6.07, 6.45) is 0.902. The maximum absolute atomic E-state index is 5.38. The zero-order valence-corrected chi connectivity index (χ0v) is 16.3. The highest BCUT2D eigenvalue weighted by Gasteiger charge is 2.03. The average molecular weight is 355 g/mol. The smallest absolute Gasteiger partial charge is 0.191 e. The number of aliphatic imine (C=N–C) groups is 1. The van der Waals surface area contributed by atoms with Crippen LogP contribution in [0.4, 0.5) is 0 Å². The van der Waals surface area contributed by atoms with Crippen molar-refractivity contribution in [3.63, 3.8) is 0 Å². The van der Waals surface area contributed by atoms with E-state index < -0.39 is 0 Å². The fourth-order valence-electron chi connectivity index (χ4n) is 2.80. The van der Waals surface area contributed by atoms with Crippen molar-refractivity contribution < 1.29 is 9.47 Å². The molecular formula is C21H29N3O2. The van der Waals surface area contributed by atoms with E-state index in [1.54, 1.807) is 21.3 Å². The Morgan fingerprint density at radius 3 is 2.27 bits per heavy atom. The lowest BCUT2D eigenvalue weighted by molar-refractivity contribution is 0.411. The Kier molecular flexibility index (Phi) is 7.33. The second-order valence-corrected chi connectivity index (χ2v) is 6.21. The van der Waals surface area contributed by atoms with Crippen molar-refractivity contribution in [2.45, 2.75) is 26.8 Å². The summed E-state index contributed by atoms with van der Waals surface area (Å²) in [7, 11) is 5.18. The van der Waals surface area contributed by atoms with E-state index >= 15 is 0 Å². The van der Waals surface area contributed by atoms with Crippen LogP contribution in [0, 0.1) is 13.8 Å². The summed E-state index contributed by atoms with van der Waals surface area (Å²) in [6.45, 7) is 5.61. The standard InChI is InChI=1S/C21H29N3O2/c1-15-6-7-17(13-20(15)26-5)10-11-23-21(22-3)24-14-18-8-9-19(25-4)16(2)12-18/h6-9,12-13H,10-11,14H2,1-5H3,(H2,22,23,24). The number of nitrogens with zero attached hydrogens (tertiary/aromatic N) is 1. The number of rotatable bonds is 7. The Morgan fingerprint density at radius 1 is 0.885 bits per heavy atom. The Morgan fingerprint density at radius 2 is 1.62 bits per heavy atom. The minimum atomic E-state index is 0.711. The molecule has 0 heterocycles. The van der Waals surface area contributed by atoms with Crippen LogP contribution >= 0.6 is 0 Å². The summed E-state index contributed by atoms with van der Waals surface area (Å²) in [5.74, 6) is 2.63. The largest absolute Gasteiger partial charge is 0.496 e. The van der Waals surface area contributed by atoms with Crippen LogP contribution < -0.4 is 20.1 Å². The molecule has 5 heteroatoms. The SMILES string of the molecule is CN=C(NCCc1ccc(C)c(OC)c1)NCc1ccc(OC)c(C)c1. The van der Waals surface area contributed by atoms with E-state index in [0.717, 1.165) is 41.6 Å². The second kappa shape index (κ2) is 9.70. The van der Waals surface area contributed by atoms with E-state index in [-0.39, 0.29) is 0 Å². The lowest BCUT2D eigenvalue weighted by Gasteiger charge is -2.13. The summed E-state index contributed by atoms with van der Waals surface area (Å²) < 4.78 is 10.7. The van der Waals surface area contributed by atoms with Crippen LogP contribution in [-0.2, 0) is 13.0 Å². The Hall–Kier alpha value is -2.69. The monoisotopic (exact) mass is 355 g/mol. The zero-order valence-electron chi connectivity index (χ0n) is 16.3. The molecule has 0 aliphatic rings. The number of aryl methyl sites for hydroxylation is 2. The molecule has 2 rings (SSSR count). The fraction of sp³-hybridized carbons (Fsp3) is 0.381. The molecule has 0 spiro atoms. The summed E-state index contributed by atoms with van der Waals surface area (Å²) in [5, 5.41) is 6.69. The molecule has 0 unspecified atom stereocenters. The lowest BCUT2D eigenvalue weighted by Crippen LogP contribution is -2.37. The number of guanidine groups is 1. The van der Waals surface area contributed by atoms with E-state index in [1.807, 2.05) is 19.9 Å². The summed E-state index contributed by atoms with van der Waals surface area (Å²) >= 11 is 0. The van der Waals surface area contributed by atoms with Gasteiger partial charge in [-0.1, -0.05) is 24.3 Å². The van der Waals surface area contributed by atoms with E-state index in [2.05, 4.69) is 46.0 Å². The third-order valence-electron chi connectivity index (χ3n) is 4.32. The quantitative estimate of drug-likeness (QED) is 0.591. The van der Waals surface area contributed by atoms with Gasteiger partial charge in [-0.3, -0.25) is 4.99 Å². The first-order valence-electron chi connectivity index (χ1n) is 8.79. The molecule has 0 aliphatic heterocycles. The molecular weight excluding hydrogens is 326 g/mol. The fourth-order valence-corrected chi connectivity index (χ4v) is 2.80. The van der Waals surface area contributed by atoms with Crippen molar-refractivity contribution in [3.8, 4) is 11.5 Å². The number of nitrogens with one attached hydrogen (secondary N) is 2. The molecule has 26 heavy (non-hydrogen) atoms. The van der Waals surface area contributed by atoms with Gasteiger partial charge in [0.15, 0.2) is 5.96 Å². The van der Waals surface area contributed by atoms with Crippen molar-refractivity contribution in [1.29, 1.82) is 0 Å². The maximum atomic E-state index is 5.38. The van der Waals surface area contributed by atoms with Crippen molar-refractivity contribution in [1.82, 2.24) is 10.6 Å². The van der Waals surface area contributed by atoms with Crippen LogP contribution in [0.1, 0.15) is 22.3 Å². The minimum Gasteiger partial charge on any atom is -0.496 e. The first kappa shape index (κ1) is 19.6. The van der Waals surface area contributed by atoms with E-state index in [0.29, 0.717) is 6.54 Å². The van der Waals surface area contributed by atoms with Gasteiger partial charge in [0.25, 0.3) is 0 Å². The second-order valence-electron chi connectivity index (χ2n) is 6.21. The highest BCUT2D eigenvalue weighted by atomic mass is 16.5. The highest BCUT2D eigenvalue weighted by Crippen LogP contribution is 2.19. The molecule has 0 bridgehead atoms. The minimum absolute atomic E-state index is 0.711. The molecule has 0 aromatic heterocycles. The van der Waals surface area contributed by atoms with Gasteiger partial charge in [-0.2, -0.15) is 0 Å². The molecule has 0 saturated carbocycles. The number of ether oxygens (including phenoxy) is 2. The van der Waals surface area contributed by atoms with Crippen LogP contribution in [-0.4, -0.2) is 33.8 Å². The van der Waals surface area contributed by atoms with Gasteiger partial charge in [-0.15, -0.1) is 0 Å². The van der Waals surface area contributed by atoms with Crippen LogP contribution in [0.5, 0.6) is 11.5 Å². The Balaban J connectivity index is 1.83. The van der Waals surface area contributed by atoms with Gasteiger partial charge in [0.1, 0.15) is 11.5 Å². The maximum Gasteiger partial charge on any atom is 0.191 e.